The van der Waals surface area contributed by atoms with Crippen molar-refractivity contribution in [2.24, 2.45) is 0 Å². The first-order chi connectivity index (χ1) is 12.5. The van der Waals surface area contributed by atoms with Gasteiger partial charge in [-0.25, -0.2) is 4.98 Å². The third kappa shape index (κ3) is 3.80. The number of nitro groups is 1. The van der Waals surface area contributed by atoms with E-state index in [4.69, 9.17) is 9.47 Å². The van der Waals surface area contributed by atoms with E-state index in [0.29, 0.717) is 26.7 Å². The van der Waals surface area contributed by atoms with Crippen molar-refractivity contribution in [2.45, 2.75) is 12.8 Å². The molecule has 0 atom stereocenters. The molecule has 0 spiro atoms. The summed E-state index contributed by atoms with van der Waals surface area (Å²) in [5.41, 5.74) is 1.50. The Balaban J connectivity index is 1.73. The van der Waals surface area contributed by atoms with Crippen molar-refractivity contribution >= 4 is 33.0 Å². The van der Waals surface area contributed by atoms with Gasteiger partial charge in [-0.2, -0.15) is 0 Å². The zero-order valence-electron chi connectivity index (χ0n) is 14.2. The zero-order chi connectivity index (χ0) is 18.7. The monoisotopic (exact) mass is 372 g/mol. The average molecular weight is 372 g/mol. The first-order valence-corrected chi connectivity index (χ1v) is 8.58. The molecule has 134 valence electrons. The molecule has 7 nitrogen and oxygen atoms in total. The molecule has 26 heavy (non-hydrogen) atoms. The summed E-state index contributed by atoms with van der Waals surface area (Å²) in [7, 11) is 3.10. The second-order valence-electron chi connectivity index (χ2n) is 5.60. The molecule has 0 radical (unpaired) electrons. The van der Waals surface area contributed by atoms with Gasteiger partial charge in [-0.15, -0.1) is 11.3 Å². The molecule has 1 aromatic heterocycles. The largest absolute Gasteiger partial charge is 0.493 e. The fourth-order valence-corrected chi connectivity index (χ4v) is 3.63. The number of non-ortho nitro benzene ring substituents is 1. The fraction of sp³-hybridized carbons (Fsp3) is 0.222. The number of hydrogen-bond acceptors (Lipinski definition) is 7. The third-order valence-corrected chi connectivity index (χ3v) is 4.84. The lowest BCUT2D eigenvalue weighted by atomic mass is 10.1. The van der Waals surface area contributed by atoms with E-state index in [9.17, 15) is 14.9 Å². The fourth-order valence-electron chi connectivity index (χ4n) is 2.60. The normalized spacial score (nSPS) is 10.7. The number of benzene rings is 2. The SMILES string of the molecule is COc1ccc(CC(=O)Cc2nc3ccc([N+](=O)[O-])cc3s2)cc1OC. The number of hydrogen-bond donors (Lipinski definition) is 0. The number of thiazole rings is 1. The van der Waals surface area contributed by atoms with E-state index in [0.717, 1.165) is 5.56 Å². The van der Waals surface area contributed by atoms with Crippen molar-refractivity contribution in [1.29, 1.82) is 0 Å². The highest BCUT2D eigenvalue weighted by atomic mass is 32.1. The molecule has 2 aromatic carbocycles. The molecule has 0 saturated heterocycles. The number of ether oxygens (including phenoxy) is 2. The lowest BCUT2D eigenvalue weighted by Gasteiger charge is -2.09. The van der Waals surface area contributed by atoms with Gasteiger partial charge in [0, 0.05) is 18.6 Å². The van der Waals surface area contributed by atoms with Crippen LogP contribution in [-0.4, -0.2) is 29.9 Å². The minimum Gasteiger partial charge on any atom is -0.493 e. The molecule has 0 saturated carbocycles. The maximum absolute atomic E-state index is 12.4. The summed E-state index contributed by atoms with van der Waals surface area (Å²) in [5, 5.41) is 11.5. The Hall–Kier alpha value is -3.00. The number of Topliss-reactive ketones (excluding diaryl/α,β-unsaturated/α-hetero) is 1. The maximum Gasteiger partial charge on any atom is 0.270 e. The third-order valence-electron chi connectivity index (χ3n) is 3.82. The van der Waals surface area contributed by atoms with Gasteiger partial charge < -0.3 is 9.47 Å². The van der Waals surface area contributed by atoms with Crippen LogP contribution in [0, 0.1) is 10.1 Å². The van der Waals surface area contributed by atoms with Crippen LogP contribution in [0.2, 0.25) is 0 Å². The summed E-state index contributed by atoms with van der Waals surface area (Å²) in [6.07, 6.45) is 0.428. The van der Waals surface area contributed by atoms with Gasteiger partial charge in [-0.05, 0) is 23.8 Å². The molecule has 0 bridgehead atoms. The van der Waals surface area contributed by atoms with Crippen LogP contribution in [0.4, 0.5) is 5.69 Å². The van der Waals surface area contributed by atoms with Crippen LogP contribution < -0.4 is 9.47 Å². The molecule has 8 heteroatoms. The molecule has 0 aliphatic heterocycles. The average Bonchev–Trinajstić information content (AvgIpc) is 3.02. The number of carbonyl (C=O) groups excluding carboxylic acids is 1. The van der Waals surface area contributed by atoms with Gasteiger partial charge in [0.05, 0.1) is 35.8 Å². The van der Waals surface area contributed by atoms with Crippen LogP contribution in [0.15, 0.2) is 36.4 Å². The first-order valence-electron chi connectivity index (χ1n) is 7.76. The van der Waals surface area contributed by atoms with E-state index < -0.39 is 4.92 Å². The summed E-state index contributed by atoms with van der Waals surface area (Å²) in [6.45, 7) is 0. The second-order valence-corrected chi connectivity index (χ2v) is 6.71. The minimum atomic E-state index is -0.443. The van der Waals surface area contributed by atoms with E-state index in [1.54, 1.807) is 32.4 Å². The van der Waals surface area contributed by atoms with E-state index >= 15 is 0 Å². The van der Waals surface area contributed by atoms with Crippen molar-refractivity contribution in [3.05, 3.63) is 57.1 Å². The number of ketones is 1. The van der Waals surface area contributed by atoms with Crippen molar-refractivity contribution in [3.8, 4) is 11.5 Å². The molecule has 3 aromatic rings. The quantitative estimate of drug-likeness (QED) is 0.465. The van der Waals surface area contributed by atoms with Crippen molar-refractivity contribution in [2.75, 3.05) is 14.2 Å². The van der Waals surface area contributed by atoms with Gasteiger partial charge in [-0.3, -0.25) is 14.9 Å². The Kier molecular flexibility index (Phi) is 5.13. The van der Waals surface area contributed by atoms with Gasteiger partial charge >= 0.3 is 0 Å². The number of aromatic nitrogens is 1. The molecule has 0 aliphatic rings. The van der Waals surface area contributed by atoms with Crippen LogP contribution in [0.1, 0.15) is 10.6 Å². The maximum atomic E-state index is 12.4. The standard InChI is InChI=1S/C18H16N2O5S/c1-24-15-6-3-11(8-16(15)25-2)7-13(21)10-18-19-14-5-4-12(20(22)23)9-17(14)26-18/h3-6,8-9H,7,10H2,1-2H3. The molecular weight excluding hydrogens is 356 g/mol. The Labute approximate surface area is 153 Å². The smallest absolute Gasteiger partial charge is 0.270 e. The van der Waals surface area contributed by atoms with E-state index in [-0.39, 0.29) is 24.3 Å². The van der Waals surface area contributed by atoms with Gasteiger partial charge in [0.15, 0.2) is 11.5 Å². The Bertz CT molecular complexity index is 983. The molecule has 0 amide bonds. The number of nitro benzene ring substituents is 1. The molecule has 3 rings (SSSR count). The van der Waals surface area contributed by atoms with E-state index in [2.05, 4.69) is 4.98 Å². The molecule has 1 heterocycles. The van der Waals surface area contributed by atoms with Crippen LogP contribution >= 0.6 is 11.3 Å². The number of nitrogens with zero attached hydrogens (tertiary/aromatic N) is 2. The Morgan fingerprint density at radius 2 is 1.88 bits per heavy atom. The highest BCUT2D eigenvalue weighted by molar-refractivity contribution is 7.18. The summed E-state index contributed by atoms with van der Waals surface area (Å²) in [6, 6.07) is 9.86. The lowest BCUT2D eigenvalue weighted by molar-refractivity contribution is -0.384. The van der Waals surface area contributed by atoms with Crippen LogP contribution in [0.5, 0.6) is 11.5 Å². The predicted molar refractivity (Wildman–Crippen MR) is 98.2 cm³/mol. The van der Waals surface area contributed by atoms with Crippen LogP contribution in [0.3, 0.4) is 0 Å². The predicted octanol–water partition coefficient (Wildman–Crippen LogP) is 3.58. The van der Waals surface area contributed by atoms with Crippen LogP contribution in [0.25, 0.3) is 10.2 Å². The van der Waals surface area contributed by atoms with Crippen molar-refractivity contribution in [1.82, 2.24) is 4.98 Å². The van der Waals surface area contributed by atoms with E-state index in [1.165, 1.54) is 23.5 Å². The summed E-state index contributed by atoms with van der Waals surface area (Å²) in [5.74, 6) is 1.19. The molecule has 0 unspecified atom stereocenters. The first kappa shape index (κ1) is 17.8. The molecular formula is C18H16N2O5S. The second kappa shape index (κ2) is 7.49. The molecule has 0 aliphatic carbocycles. The number of fused-ring (bicyclic) bond motifs is 1. The summed E-state index contributed by atoms with van der Waals surface area (Å²) < 4.78 is 11.1. The van der Waals surface area contributed by atoms with Gasteiger partial charge in [0.2, 0.25) is 0 Å². The van der Waals surface area contributed by atoms with Crippen molar-refractivity contribution < 1.29 is 19.2 Å². The zero-order valence-corrected chi connectivity index (χ0v) is 15.0. The summed E-state index contributed by atoms with van der Waals surface area (Å²) >= 11 is 1.30. The Morgan fingerprint density at radius 1 is 1.12 bits per heavy atom. The van der Waals surface area contributed by atoms with Gasteiger partial charge in [0.25, 0.3) is 5.69 Å². The topological polar surface area (TPSA) is 91.6 Å². The highest BCUT2D eigenvalue weighted by Gasteiger charge is 2.14. The molecule has 0 N–H and O–H groups in total. The van der Waals surface area contributed by atoms with Crippen LogP contribution in [-0.2, 0) is 17.6 Å². The van der Waals surface area contributed by atoms with Gasteiger partial charge in [0.1, 0.15) is 10.8 Å². The van der Waals surface area contributed by atoms with Crippen molar-refractivity contribution in [3.63, 3.8) is 0 Å². The molecule has 0 fully saturated rings. The number of rotatable bonds is 7. The number of carbonyl (C=O) groups is 1. The Morgan fingerprint density at radius 3 is 2.58 bits per heavy atom. The van der Waals surface area contributed by atoms with E-state index in [1.807, 2.05) is 6.07 Å². The minimum absolute atomic E-state index is 0.00535. The summed E-state index contributed by atoms with van der Waals surface area (Å²) in [4.78, 5) is 27.2. The highest BCUT2D eigenvalue weighted by Crippen LogP contribution is 2.29. The number of methoxy groups -OCH3 is 2. The lowest BCUT2D eigenvalue weighted by Crippen LogP contribution is -2.06. The van der Waals surface area contributed by atoms with Gasteiger partial charge in [-0.1, -0.05) is 6.07 Å².